The average molecular weight is 471 g/mol. The standard InChI is InChI=1S/C25H27ClN2O5/c1-32-18-9-7-17(8-10-18)23(29)21-22(19-5-2-3-6-20(19)26)28(25(31)24(21)30)12-4-11-27-13-15-33-16-14-27/h2-3,5-10,22,29H,4,11-16H2,1H3/b23-21+/t22-/m1/s1. The second-order valence-electron chi connectivity index (χ2n) is 8.05. The molecule has 4 rings (SSSR count). The zero-order valence-electron chi connectivity index (χ0n) is 18.5. The molecular weight excluding hydrogens is 444 g/mol. The van der Waals surface area contributed by atoms with Crippen LogP contribution in [0, 0.1) is 0 Å². The van der Waals surface area contributed by atoms with Crippen molar-refractivity contribution in [2.24, 2.45) is 0 Å². The molecular formula is C25H27ClN2O5. The number of aliphatic hydroxyl groups excluding tert-OH is 1. The highest BCUT2D eigenvalue weighted by Gasteiger charge is 2.46. The van der Waals surface area contributed by atoms with Crippen molar-refractivity contribution in [2.45, 2.75) is 12.5 Å². The van der Waals surface area contributed by atoms with Crippen LogP contribution in [0.4, 0.5) is 0 Å². The highest BCUT2D eigenvalue weighted by molar-refractivity contribution is 6.47. The molecule has 8 heteroatoms. The Balaban J connectivity index is 1.67. The van der Waals surface area contributed by atoms with Gasteiger partial charge >= 0.3 is 0 Å². The van der Waals surface area contributed by atoms with Gasteiger partial charge in [-0.3, -0.25) is 14.5 Å². The highest BCUT2D eigenvalue weighted by Crippen LogP contribution is 2.41. The first-order valence-electron chi connectivity index (χ1n) is 11.0. The fourth-order valence-electron chi connectivity index (χ4n) is 4.32. The average Bonchev–Trinajstić information content (AvgIpc) is 3.09. The van der Waals surface area contributed by atoms with Crippen LogP contribution < -0.4 is 4.74 Å². The second kappa shape index (κ2) is 10.4. The quantitative estimate of drug-likeness (QED) is 0.379. The molecule has 0 aliphatic carbocycles. The Labute approximate surface area is 198 Å². The summed E-state index contributed by atoms with van der Waals surface area (Å²) in [6.07, 6.45) is 0.691. The van der Waals surface area contributed by atoms with Crippen LogP contribution in [0.1, 0.15) is 23.6 Å². The van der Waals surface area contributed by atoms with E-state index in [1.54, 1.807) is 49.6 Å². The number of hydrogen-bond donors (Lipinski definition) is 1. The lowest BCUT2D eigenvalue weighted by Gasteiger charge is -2.29. The van der Waals surface area contributed by atoms with Crippen LogP contribution in [-0.2, 0) is 14.3 Å². The Bertz CT molecular complexity index is 1050. The lowest BCUT2D eigenvalue weighted by molar-refractivity contribution is -0.140. The summed E-state index contributed by atoms with van der Waals surface area (Å²) in [5, 5.41) is 11.5. The molecule has 1 atom stereocenters. The summed E-state index contributed by atoms with van der Waals surface area (Å²) >= 11 is 6.48. The van der Waals surface area contributed by atoms with Crippen LogP contribution in [0.15, 0.2) is 54.1 Å². The first kappa shape index (κ1) is 23.3. The molecule has 2 heterocycles. The molecule has 0 unspecified atom stereocenters. The number of nitrogens with zero attached hydrogens (tertiary/aromatic N) is 2. The van der Waals surface area contributed by atoms with Gasteiger partial charge in [-0.2, -0.15) is 0 Å². The first-order valence-corrected chi connectivity index (χ1v) is 11.4. The lowest BCUT2D eigenvalue weighted by Crippen LogP contribution is -2.39. The minimum Gasteiger partial charge on any atom is -0.507 e. The van der Waals surface area contributed by atoms with E-state index in [-0.39, 0.29) is 11.3 Å². The number of rotatable bonds is 7. The van der Waals surface area contributed by atoms with Gasteiger partial charge in [0.25, 0.3) is 11.7 Å². The molecule has 0 radical (unpaired) electrons. The Hall–Kier alpha value is -2.87. The van der Waals surface area contributed by atoms with Crippen molar-refractivity contribution in [2.75, 3.05) is 46.5 Å². The summed E-state index contributed by atoms with van der Waals surface area (Å²) in [5.74, 6) is -0.939. The van der Waals surface area contributed by atoms with Crippen LogP contribution >= 0.6 is 11.6 Å². The Kier molecular flexibility index (Phi) is 7.33. The number of amides is 1. The van der Waals surface area contributed by atoms with E-state index in [0.29, 0.717) is 48.1 Å². The van der Waals surface area contributed by atoms with Crippen molar-refractivity contribution in [3.8, 4) is 5.75 Å². The third-order valence-electron chi connectivity index (χ3n) is 6.08. The number of Topliss-reactive ketones (excluding diaryl/α,β-unsaturated/α-hetero) is 1. The van der Waals surface area contributed by atoms with Gasteiger partial charge in [0, 0.05) is 36.8 Å². The van der Waals surface area contributed by atoms with Gasteiger partial charge in [-0.1, -0.05) is 29.8 Å². The Morgan fingerprint density at radius 2 is 1.79 bits per heavy atom. The van der Waals surface area contributed by atoms with E-state index in [1.165, 1.54) is 4.90 Å². The normalized spacial score (nSPS) is 20.9. The highest BCUT2D eigenvalue weighted by atomic mass is 35.5. The number of ether oxygens (including phenoxy) is 2. The number of ketones is 1. The molecule has 174 valence electrons. The monoisotopic (exact) mass is 470 g/mol. The lowest BCUT2D eigenvalue weighted by atomic mass is 9.95. The number of aliphatic hydroxyl groups is 1. The number of likely N-dealkylation sites (tertiary alicyclic amines) is 1. The largest absolute Gasteiger partial charge is 0.507 e. The fourth-order valence-corrected chi connectivity index (χ4v) is 4.56. The van der Waals surface area contributed by atoms with E-state index in [2.05, 4.69) is 4.90 Å². The first-order chi connectivity index (χ1) is 16.0. The van der Waals surface area contributed by atoms with Crippen LogP contribution in [0.2, 0.25) is 5.02 Å². The smallest absolute Gasteiger partial charge is 0.295 e. The molecule has 0 spiro atoms. The van der Waals surface area contributed by atoms with Gasteiger partial charge in [-0.15, -0.1) is 0 Å². The molecule has 1 N–H and O–H groups in total. The zero-order chi connectivity index (χ0) is 23.4. The predicted octanol–water partition coefficient (Wildman–Crippen LogP) is 3.49. The summed E-state index contributed by atoms with van der Waals surface area (Å²) < 4.78 is 10.6. The predicted molar refractivity (Wildman–Crippen MR) is 125 cm³/mol. The van der Waals surface area contributed by atoms with Gasteiger partial charge in [0.15, 0.2) is 0 Å². The minimum absolute atomic E-state index is 0.0460. The maximum atomic E-state index is 13.1. The molecule has 2 saturated heterocycles. The molecule has 33 heavy (non-hydrogen) atoms. The van der Waals surface area contributed by atoms with Crippen LogP contribution in [0.5, 0.6) is 5.75 Å². The van der Waals surface area contributed by atoms with E-state index in [1.807, 2.05) is 6.07 Å². The van der Waals surface area contributed by atoms with E-state index < -0.39 is 17.7 Å². The van der Waals surface area contributed by atoms with Crippen molar-refractivity contribution in [3.63, 3.8) is 0 Å². The third kappa shape index (κ3) is 4.90. The van der Waals surface area contributed by atoms with Crippen molar-refractivity contribution < 1.29 is 24.2 Å². The third-order valence-corrected chi connectivity index (χ3v) is 6.42. The summed E-state index contributed by atoms with van der Waals surface area (Å²) in [7, 11) is 1.55. The van der Waals surface area contributed by atoms with Crippen LogP contribution in [0.3, 0.4) is 0 Å². The van der Waals surface area contributed by atoms with Gasteiger partial charge < -0.3 is 19.5 Å². The number of benzene rings is 2. The van der Waals surface area contributed by atoms with Gasteiger partial charge in [0.1, 0.15) is 11.5 Å². The molecule has 2 aromatic carbocycles. The van der Waals surface area contributed by atoms with Gasteiger partial charge in [-0.05, 0) is 42.3 Å². The van der Waals surface area contributed by atoms with E-state index in [0.717, 1.165) is 19.6 Å². The SMILES string of the molecule is COc1ccc(/C(O)=C2\C(=O)C(=O)N(CCCN3CCOCC3)[C@@H]2c2ccccc2Cl)cc1. The maximum Gasteiger partial charge on any atom is 0.295 e. The summed E-state index contributed by atoms with van der Waals surface area (Å²) in [4.78, 5) is 30.0. The Morgan fingerprint density at radius 3 is 2.45 bits per heavy atom. The van der Waals surface area contributed by atoms with Crippen molar-refractivity contribution in [3.05, 3.63) is 70.3 Å². The van der Waals surface area contributed by atoms with E-state index >= 15 is 0 Å². The molecule has 0 bridgehead atoms. The van der Waals surface area contributed by atoms with Crippen LogP contribution in [-0.4, -0.2) is 73.1 Å². The second-order valence-corrected chi connectivity index (χ2v) is 8.46. The zero-order valence-corrected chi connectivity index (χ0v) is 19.3. The number of halogens is 1. The van der Waals surface area contributed by atoms with Gasteiger partial charge in [-0.25, -0.2) is 0 Å². The van der Waals surface area contributed by atoms with Crippen LogP contribution in [0.25, 0.3) is 5.76 Å². The molecule has 2 aliphatic heterocycles. The molecule has 1 amide bonds. The topological polar surface area (TPSA) is 79.3 Å². The fraction of sp³-hybridized carbons (Fsp3) is 0.360. The van der Waals surface area contributed by atoms with E-state index in [4.69, 9.17) is 21.1 Å². The molecule has 2 aromatic rings. The van der Waals surface area contributed by atoms with E-state index in [9.17, 15) is 14.7 Å². The number of carbonyl (C=O) groups excluding carboxylic acids is 2. The number of carbonyl (C=O) groups is 2. The summed E-state index contributed by atoms with van der Waals surface area (Å²) in [6.45, 7) is 4.27. The molecule has 7 nitrogen and oxygen atoms in total. The molecule has 0 saturated carbocycles. The van der Waals surface area contributed by atoms with Crippen molar-refractivity contribution in [1.29, 1.82) is 0 Å². The number of hydrogen-bond acceptors (Lipinski definition) is 6. The van der Waals surface area contributed by atoms with Gasteiger partial charge in [0.2, 0.25) is 0 Å². The number of methoxy groups -OCH3 is 1. The van der Waals surface area contributed by atoms with Crippen molar-refractivity contribution >= 4 is 29.1 Å². The minimum atomic E-state index is -0.759. The molecule has 2 fully saturated rings. The molecule has 2 aliphatic rings. The summed E-state index contributed by atoms with van der Waals surface area (Å²) in [6, 6.07) is 13.0. The number of morpholine rings is 1. The Morgan fingerprint density at radius 1 is 1.09 bits per heavy atom. The van der Waals surface area contributed by atoms with Gasteiger partial charge in [0.05, 0.1) is 31.9 Å². The summed E-state index contributed by atoms with van der Waals surface area (Å²) in [5.41, 5.74) is 1.09. The maximum absolute atomic E-state index is 13.1. The molecule has 0 aromatic heterocycles. The van der Waals surface area contributed by atoms with Crippen molar-refractivity contribution in [1.82, 2.24) is 9.80 Å².